The van der Waals surface area contributed by atoms with Gasteiger partial charge in [-0.15, -0.1) is 0 Å². The number of halogens is 1. The van der Waals surface area contributed by atoms with Gasteiger partial charge >= 0.3 is 6.03 Å². The second-order valence-electron chi connectivity index (χ2n) is 6.06. The molecular weight excluding hydrogens is 323 g/mol. The van der Waals surface area contributed by atoms with Crippen LogP contribution in [0, 0.1) is 5.82 Å². The molecule has 3 rings (SSSR count). The lowest BCUT2D eigenvalue weighted by atomic mass is 10.0. The van der Waals surface area contributed by atoms with Gasteiger partial charge in [-0.2, -0.15) is 0 Å². The number of anilines is 1. The van der Waals surface area contributed by atoms with E-state index in [1.807, 2.05) is 0 Å². The standard InChI is InChI=1S/C19H21FN2O3/c1-25-16-10-4-13(5-11-16)18(23)17-3-2-12-22(17)19(24)21-15-8-6-14(20)7-9-15/h4-11,17-18,23H,2-3,12H2,1H3,(H,21,24)/t17-,18+/m1/s1. The molecule has 1 aliphatic rings. The predicted octanol–water partition coefficient (Wildman–Crippen LogP) is 3.56. The molecule has 25 heavy (non-hydrogen) atoms. The first-order chi connectivity index (χ1) is 12.1. The summed E-state index contributed by atoms with van der Waals surface area (Å²) in [5.74, 6) is 0.361. The van der Waals surface area contributed by atoms with Crippen LogP contribution in [0.5, 0.6) is 5.75 Å². The summed E-state index contributed by atoms with van der Waals surface area (Å²) in [6.45, 7) is 0.574. The molecule has 2 N–H and O–H groups in total. The highest BCUT2D eigenvalue weighted by molar-refractivity contribution is 5.89. The summed E-state index contributed by atoms with van der Waals surface area (Å²) in [4.78, 5) is 14.2. The maximum atomic E-state index is 13.0. The Bertz CT molecular complexity index is 718. The number of amides is 2. The number of carbonyl (C=O) groups excluding carboxylic acids is 1. The number of rotatable bonds is 4. The summed E-state index contributed by atoms with van der Waals surface area (Å²) in [6.07, 6.45) is 0.783. The Morgan fingerprint density at radius 2 is 1.92 bits per heavy atom. The van der Waals surface area contributed by atoms with Gasteiger partial charge in [0.05, 0.1) is 19.3 Å². The van der Waals surface area contributed by atoms with Gasteiger partial charge in [-0.05, 0) is 54.8 Å². The number of likely N-dealkylation sites (tertiary alicyclic amines) is 1. The zero-order valence-corrected chi connectivity index (χ0v) is 14.0. The van der Waals surface area contributed by atoms with Crippen LogP contribution < -0.4 is 10.1 Å². The fraction of sp³-hybridized carbons (Fsp3) is 0.316. The lowest BCUT2D eigenvalue weighted by Gasteiger charge is -2.29. The van der Waals surface area contributed by atoms with Crippen LogP contribution >= 0.6 is 0 Å². The Kier molecular flexibility index (Phi) is 5.19. The summed E-state index contributed by atoms with van der Waals surface area (Å²) in [5, 5.41) is 13.4. The number of ether oxygens (including phenoxy) is 1. The van der Waals surface area contributed by atoms with E-state index in [1.54, 1.807) is 36.3 Å². The summed E-state index contributed by atoms with van der Waals surface area (Å²) in [6, 6.07) is 12.2. The number of hydrogen-bond donors (Lipinski definition) is 2. The van der Waals surface area contributed by atoms with Gasteiger partial charge in [0.2, 0.25) is 0 Å². The van der Waals surface area contributed by atoms with Crippen molar-refractivity contribution in [2.45, 2.75) is 25.0 Å². The fourth-order valence-corrected chi connectivity index (χ4v) is 3.12. The van der Waals surface area contributed by atoms with Crippen LogP contribution in [0.15, 0.2) is 48.5 Å². The SMILES string of the molecule is COc1ccc([C@H](O)[C@H]2CCCN2C(=O)Nc2ccc(F)cc2)cc1. The average molecular weight is 344 g/mol. The Morgan fingerprint density at radius 1 is 1.24 bits per heavy atom. The number of hydrogen-bond acceptors (Lipinski definition) is 3. The van der Waals surface area contributed by atoms with Crippen LogP contribution in [0.2, 0.25) is 0 Å². The van der Waals surface area contributed by atoms with E-state index in [2.05, 4.69) is 5.32 Å². The van der Waals surface area contributed by atoms with Gasteiger partial charge in [0.15, 0.2) is 0 Å². The van der Waals surface area contributed by atoms with Gasteiger partial charge in [0, 0.05) is 12.2 Å². The molecule has 0 saturated carbocycles. The summed E-state index contributed by atoms with van der Waals surface area (Å²) in [5.41, 5.74) is 1.27. The first-order valence-corrected chi connectivity index (χ1v) is 8.23. The minimum absolute atomic E-state index is 0.290. The molecule has 1 saturated heterocycles. The maximum absolute atomic E-state index is 13.0. The van der Waals surface area contributed by atoms with Crippen molar-refractivity contribution in [3.63, 3.8) is 0 Å². The van der Waals surface area contributed by atoms with Gasteiger partial charge in [-0.25, -0.2) is 9.18 Å². The van der Waals surface area contributed by atoms with E-state index in [1.165, 1.54) is 24.3 Å². The molecule has 2 atom stereocenters. The Balaban J connectivity index is 1.70. The van der Waals surface area contributed by atoms with Gasteiger partial charge in [-0.1, -0.05) is 12.1 Å². The molecule has 2 amide bonds. The van der Waals surface area contributed by atoms with Crippen molar-refractivity contribution in [3.8, 4) is 5.75 Å². The molecular formula is C19H21FN2O3. The van der Waals surface area contributed by atoms with Gasteiger partial charge in [0.1, 0.15) is 11.6 Å². The fourth-order valence-electron chi connectivity index (χ4n) is 3.12. The molecule has 132 valence electrons. The van der Waals surface area contributed by atoms with E-state index < -0.39 is 6.10 Å². The van der Waals surface area contributed by atoms with Crippen molar-refractivity contribution in [2.24, 2.45) is 0 Å². The van der Waals surface area contributed by atoms with Gasteiger partial charge < -0.3 is 20.1 Å². The molecule has 1 heterocycles. The van der Waals surface area contributed by atoms with Crippen LogP contribution in [0.1, 0.15) is 24.5 Å². The van der Waals surface area contributed by atoms with Gasteiger partial charge in [0.25, 0.3) is 0 Å². The van der Waals surface area contributed by atoms with Crippen molar-refractivity contribution >= 4 is 11.7 Å². The zero-order valence-electron chi connectivity index (χ0n) is 14.0. The largest absolute Gasteiger partial charge is 0.497 e. The highest BCUT2D eigenvalue weighted by Gasteiger charge is 2.34. The normalized spacial score (nSPS) is 18.0. The van der Waals surface area contributed by atoms with Crippen LogP contribution in [0.25, 0.3) is 0 Å². The molecule has 1 aliphatic heterocycles. The first kappa shape index (κ1) is 17.2. The second-order valence-corrected chi connectivity index (χ2v) is 6.06. The van der Waals surface area contributed by atoms with Crippen LogP contribution in [0.4, 0.5) is 14.9 Å². The number of aliphatic hydroxyl groups is 1. The van der Waals surface area contributed by atoms with Crippen molar-refractivity contribution in [3.05, 3.63) is 59.9 Å². The molecule has 0 aromatic heterocycles. The van der Waals surface area contributed by atoms with Crippen molar-refractivity contribution < 1.29 is 19.0 Å². The molecule has 0 spiro atoms. The quantitative estimate of drug-likeness (QED) is 0.891. The predicted molar refractivity (Wildman–Crippen MR) is 93.1 cm³/mol. The summed E-state index contributed by atoms with van der Waals surface area (Å²) < 4.78 is 18.1. The van der Waals surface area contributed by atoms with Crippen LogP contribution in [-0.4, -0.2) is 35.7 Å². The van der Waals surface area contributed by atoms with E-state index in [4.69, 9.17) is 4.74 Å². The number of benzene rings is 2. The first-order valence-electron chi connectivity index (χ1n) is 8.23. The average Bonchev–Trinajstić information content (AvgIpc) is 3.13. The number of nitrogens with one attached hydrogen (secondary N) is 1. The molecule has 2 aromatic carbocycles. The van der Waals surface area contributed by atoms with E-state index in [9.17, 15) is 14.3 Å². The molecule has 0 unspecified atom stereocenters. The Labute approximate surface area is 146 Å². The number of nitrogens with zero attached hydrogens (tertiary/aromatic N) is 1. The van der Waals surface area contributed by atoms with E-state index in [-0.39, 0.29) is 17.9 Å². The van der Waals surface area contributed by atoms with Crippen molar-refractivity contribution in [1.82, 2.24) is 4.90 Å². The molecule has 0 radical (unpaired) electrons. The van der Waals surface area contributed by atoms with Gasteiger partial charge in [-0.3, -0.25) is 0 Å². The zero-order chi connectivity index (χ0) is 17.8. The molecule has 0 bridgehead atoms. The third kappa shape index (κ3) is 3.91. The van der Waals surface area contributed by atoms with Crippen LogP contribution in [-0.2, 0) is 0 Å². The smallest absolute Gasteiger partial charge is 0.322 e. The Morgan fingerprint density at radius 3 is 2.56 bits per heavy atom. The lowest BCUT2D eigenvalue weighted by molar-refractivity contribution is 0.0891. The minimum atomic E-state index is -0.771. The van der Waals surface area contributed by atoms with E-state index in [0.29, 0.717) is 18.0 Å². The monoisotopic (exact) mass is 344 g/mol. The highest BCUT2D eigenvalue weighted by atomic mass is 19.1. The third-order valence-electron chi connectivity index (χ3n) is 4.48. The maximum Gasteiger partial charge on any atom is 0.322 e. The number of aliphatic hydroxyl groups excluding tert-OH is 1. The minimum Gasteiger partial charge on any atom is -0.497 e. The van der Waals surface area contributed by atoms with Crippen molar-refractivity contribution in [2.75, 3.05) is 19.0 Å². The molecule has 0 aliphatic carbocycles. The molecule has 2 aromatic rings. The lowest BCUT2D eigenvalue weighted by Crippen LogP contribution is -2.41. The number of urea groups is 1. The highest BCUT2D eigenvalue weighted by Crippen LogP contribution is 2.30. The Hall–Kier alpha value is -2.60. The molecule has 6 heteroatoms. The topological polar surface area (TPSA) is 61.8 Å². The third-order valence-corrected chi connectivity index (χ3v) is 4.48. The molecule has 1 fully saturated rings. The number of carbonyl (C=O) groups is 1. The number of methoxy groups -OCH3 is 1. The van der Waals surface area contributed by atoms with E-state index in [0.717, 1.165) is 18.4 Å². The second kappa shape index (κ2) is 7.53. The molecule has 5 nitrogen and oxygen atoms in total. The summed E-state index contributed by atoms with van der Waals surface area (Å²) >= 11 is 0. The van der Waals surface area contributed by atoms with Crippen molar-refractivity contribution in [1.29, 1.82) is 0 Å². The van der Waals surface area contributed by atoms with E-state index >= 15 is 0 Å². The van der Waals surface area contributed by atoms with Crippen LogP contribution in [0.3, 0.4) is 0 Å². The summed E-state index contributed by atoms with van der Waals surface area (Å²) in [7, 11) is 1.59.